The van der Waals surface area contributed by atoms with Crippen LogP contribution in [0.15, 0.2) is 54.2 Å². The molecule has 0 aliphatic heterocycles. The highest BCUT2D eigenvalue weighted by molar-refractivity contribution is 6.31. The molecule has 1 amide bonds. The first-order valence-electron chi connectivity index (χ1n) is 6.79. The Labute approximate surface area is 146 Å². The van der Waals surface area contributed by atoms with E-state index in [1.807, 2.05) is 0 Å². The molecule has 7 nitrogen and oxygen atoms in total. The van der Waals surface area contributed by atoms with Gasteiger partial charge in [-0.3, -0.25) is 14.9 Å². The summed E-state index contributed by atoms with van der Waals surface area (Å²) >= 11 is 5.64. The fourth-order valence-electron chi connectivity index (χ4n) is 1.82. The van der Waals surface area contributed by atoms with Crippen LogP contribution in [0, 0.1) is 27.3 Å². The second kappa shape index (κ2) is 7.90. The van der Waals surface area contributed by atoms with E-state index in [-0.39, 0.29) is 22.0 Å². The van der Waals surface area contributed by atoms with Gasteiger partial charge in [-0.05, 0) is 24.3 Å². The number of anilines is 2. The molecule has 0 fully saturated rings. The van der Waals surface area contributed by atoms with Crippen LogP contribution in [0.3, 0.4) is 0 Å². The standard InChI is InChI=1S/C16H10ClFN4O3/c17-12-7-11(5-6-13(12)18)20-9-10(8-19)16(23)21-14-3-1-2-4-15(14)22(24)25/h1-7,9,20H,(H,21,23)/b10-9-. The zero-order valence-corrected chi connectivity index (χ0v) is 13.2. The van der Waals surface area contributed by atoms with E-state index < -0.39 is 16.6 Å². The average molecular weight is 361 g/mol. The van der Waals surface area contributed by atoms with Crippen molar-refractivity contribution in [3.05, 3.63) is 75.2 Å². The van der Waals surface area contributed by atoms with Crippen LogP contribution in [0.25, 0.3) is 0 Å². The third-order valence-electron chi connectivity index (χ3n) is 3.02. The second-order valence-corrected chi connectivity index (χ2v) is 5.08. The highest BCUT2D eigenvalue weighted by atomic mass is 35.5. The van der Waals surface area contributed by atoms with Gasteiger partial charge in [0.15, 0.2) is 0 Å². The van der Waals surface area contributed by atoms with E-state index in [0.717, 1.165) is 12.3 Å². The van der Waals surface area contributed by atoms with Gasteiger partial charge in [-0.1, -0.05) is 23.7 Å². The topological polar surface area (TPSA) is 108 Å². The lowest BCUT2D eigenvalue weighted by Crippen LogP contribution is -2.15. The Bertz CT molecular complexity index is 908. The number of para-hydroxylation sites is 2. The number of carbonyl (C=O) groups excluding carboxylic acids is 1. The molecule has 2 aromatic carbocycles. The maximum absolute atomic E-state index is 13.1. The van der Waals surface area contributed by atoms with Crippen molar-refractivity contribution in [1.82, 2.24) is 0 Å². The minimum atomic E-state index is -0.836. The van der Waals surface area contributed by atoms with Crippen LogP contribution in [0.4, 0.5) is 21.5 Å². The highest BCUT2D eigenvalue weighted by Crippen LogP contribution is 2.24. The lowest BCUT2D eigenvalue weighted by molar-refractivity contribution is -0.383. The molecule has 0 aromatic heterocycles. The number of benzene rings is 2. The molecule has 2 rings (SSSR count). The molecule has 9 heteroatoms. The first-order valence-corrected chi connectivity index (χ1v) is 7.17. The fourth-order valence-corrected chi connectivity index (χ4v) is 2.00. The fraction of sp³-hybridized carbons (Fsp3) is 0. The zero-order valence-electron chi connectivity index (χ0n) is 12.5. The number of nitrogens with one attached hydrogen (secondary N) is 2. The van der Waals surface area contributed by atoms with Crippen LogP contribution in [-0.4, -0.2) is 10.8 Å². The van der Waals surface area contributed by atoms with Crippen molar-refractivity contribution in [1.29, 1.82) is 5.26 Å². The van der Waals surface area contributed by atoms with Crippen LogP contribution in [0.5, 0.6) is 0 Å². The van der Waals surface area contributed by atoms with Gasteiger partial charge >= 0.3 is 0 Å². The van der Waals surface area contributed by atoms with Gasteiger partial charge < -0.3 is 10.6 Å². The van der Waals surface area contributed by atoms with Gasteiger partial charge in [-0.25, -0.2) is 4.39 Å². The van der Waals surface area contributed by atoms with E-state index in [9.17, 15) is 19.3 Å². The van der Waals surface area contributed by atoms with Crippen LogP contribution in [0.2, 0.25) is 5.02 Å². The Kier molecular flexibility index (Phi) is 5.66. The van der Waals surface area contributed by atoms with E-state index in [0.29, 0.717) is 5.69 Å². The smallest absolute Gasteiger partial charge is 0.292 e. The molecule has 0 saturated carbocycles. The predicted molar refractivity (Wildman–Crippen MR) is 90.5 cm³/mol. The molecule has 0 atom stereocenters. The van der Waals surface area contributed by atoms with Crippen LogP contribution in [0.1, 0.15) is 0 Å². The Balaban J connectivity index is 2.17. The first-order chi connectivity index (χ1) is 11.9. The van der Waals surface area contributed by atoms with E-state index in [1.54, 1.807) is 6.07 Å². The van der Waals surface area contributed by atoms with Gasteiger partial charge in [0.25, 0.3) is 11.6 Å². The lowest BCUT2D eigenvalue weighted by Gasteiger charge is -2.06. The maximum atomic E-state index is 13.1. The summed E-state index contributed by atoms with van der Waals surface area (Å²) in [6, 6.07) is 11.0. The lowest BCUT2D eigenvalue weighted by atomic mass is 10.2. The van der Waals surface area contributed by atoms with Crippen LogP contribution in [-0.2, 0) is 4.79 Å². The minimum Gasteiger partial charge on any atom is -0.360 e. The van der Waals surface area contributed by atoms with Crippen molar-refractivity contribution < 1.29 is 14.1 Å². The van der Waals surface area contributed by atoms with Crippen LogP contribution < -0.4 is 10.6 Å². The zero-order chi connectivity index (χ0) is 18.4. The summed E-state index contributed by atoms with van der Waals surface area (Å²) in [7, 11) is 0. The summed E-state index contributed by atoms with van der Waals surface area (Å²) in [6.07, 6.45) is 1.09. The predicted octanol–water partition coefficient (Wildman–Crippen LogP) is 3.85. The van der Waals surface area contributed by atoms with Crippen molar-refractivity contribution in [2.45, 2.75) is 0 Å². The molecule has 0 aliphatic carbocycles. The molecule has 0 spiro atoms. The maximum Gasteiger partial charge on any atom is 0.292 e. The van der Waals surface area contributed by atoms with Gasteiger partial charge in [0, 0.05) is 18.0 Å². The van der Waals surface area contributed by atoms with E-state index >= 15 is 0 Å². The number of nitro groups is 1. The average Bonchev–Trinajstić information content (AvgIpc) is 2.58. The molecule has 0 unspecified atom stereocenters. The van der Waals surface area contributed by atoms with Gasteiger partial charge in [-0.2, -0.15) is 5.26 Å². The minimum absolute atomic E-state index is 0.0384. The molecule has 0 bridgehead atoms. The number of nitrogens with zero attached hydrogens (tertiary/aromatic N) is 2. The van der Waals surface area contributed by atoms with Gasteiger partial charge in [0.2, 0.25) is 0 Å². The molecule has 25 heavy (non-hydrogen) atoms. The summed E-state index contributed by atoms with van der Waals surface area (Å²) < 4.78 is 13.1. The number of hydrogen-bond donors (Lipinski definition) is 2. The largest absolute Gasteiger partial charge is 0.360 e. The molecule has 0 radical (unpaired) electrons. The molecule has 126 valence electrons. The Morgan fingerprint density at radius 2 is 2.04 bits per heavy atom. The summed E-state index contributed by atoms with van der Waals surface area (Å²) in [5.74, 6) is -1.44. The van der Waals surface area contributed by atoms with E-state index in [2.05, 4.69) is 10.6 Å². The molecule has 0 saturated heterocycles. The van der Waals surface area contributed by atoms with Gasteiger partial charge in [0.1, 0.15) is 23.1 Å². The third kappa shape index (κ3) is 4.53. The quantitative estimate of drug-likeness (QED) is 0.364. The number of nitro benzene ring substituents is 1. The van der Waals surface area contributed by atoms with Crippen molar-refractivity contribution in [3.8, 4) is 6.07 Å². The Morgan fingerprint density at radius 1 is 1.32 bits per heavy atom. The number of hydrogen-bond acceptors (Lipinski definition) is 5. The number of nitriles is 1. The third-order valence-corrected chi connectivity index (χ3v) is 3.31. The summed E-state index contributed by atoms with van der Waals surface area (Å²) in [4.78, 5) is 22.4. The number of rotatable bonds is 5. The van der Waals surface area contributed by atoms with Crippen molar-refractivity contribution in [2.24, 2.45) is 0 Å². The van der Waals surface area contributed by atoms with Gasteiger partial charge in [-0.15, -0.1) is 0 Å². The van der Waals surface area contributed by atoms with Crippen molar-refractivity contribution in [3.63, 3.8) is 0 Å². The number of halogens is 2. The van der Waals surface area contributed by atoms with Crippen LogP contribution >= 0.6 is 11.6 Å². The normalized spacial score (nSPS) is 10.7. The van der Waals surface area contributed by atoms with Crippen molar-refractivity contribution >= 4 is 34.6 Å². The van der Waals surface area contributed by atoms with Crippen molar-refractivity contribution in [2.75, 3.05) is 10.6 Å². The molecule has 2 aromatic rings. The Morgan fingerprint density at radius 3 is 2.68 bits per heavy atom. The molecule has 0 aliphatic rings. The molecular formula is C16H10ClFN4O3. The van der Waals surface area contributed by atoms with E-state index in [4.69, 9.17) is 16.9 Å². The highest BCUT2D eigenvalue weighted by Gasteiger charge is 2.17. The number of carbonyl (C=O) groups is 1. The summed E-state index contributed by atoms with van der Waals surface area (Å²) in [6.45, 7) is 0. The summed E-state index contributed by atoms with van der Waals surface area (Å²) in [5, 5.41) is 24.8. The second-order valence-electron chi connectivity index (χ2n) is 4.67. The van der Waals surface area contributed by atoms with E-state index in [1.165, 1.54) is 36.4 Å². The summed E-state index contributed by atoms with van der Waals surface area (Å²) in [5.41, 5.74) is -0.314. The monoisotopic (exact) mass is 360 g/mol. The Hall–Kier alpha value is -3.44. The molecular weight excluding hydrogens is 351 g/mol. The molecule has 2 N–H and O–H groups in total. The SMILES string of the molecule is N#C/C(=C/Nc1ccc(F)c(Cl)c1)C(=O)Nc1ccccc1[N+](=O)[O-]. The first kappa shape index (κ1) is 17.9. The number of amides is 1. The van der Waals surface area contributed by atoms with Gasteiger partial charge in [0.05, 0.1) is 9.95 Å². The molecule has 0 heterocycles.